The van der Waals surface area contributed by atoms with Crippen molar-refractivity contribution in [3.8, 4) is 5.75 Å². The number of benzene rings is 1. The summed E-state index contributed by atoms with van der Waals surface area (Å²) in [5.74, 6) is 0.915. The molecule has 1 aliphatic heterocycles. The van der Waals surface area contributed by atoms with Crippen molar-refractivity contribution in [2.75, 3.05) is 19.0 Å². The van der Waals surface area contributed by atoms with E-state index >= 15 is 0 Å². The Bertz CT molecular complexity index is 487. The first-order valence-corrected chi connectivity index (χ1v) is 4.81. The van der Waals surface area contributed by atoms with Gasteiger partial charge in [-0.05, 0) is 18.1 Å². The zero-order chi connectivity index (χ0) is 9.54. The second kappa shape index (κ2) is 2.67. The zero-order valence-corrected chi connectivity index (χ0v) is 8.05. The molecule has 72 valence electrons. The van der Waals surface area contributed by atoms with Gasteiger partial charge in [-0.3, -0.25) is 0 Å². The molecule has 0 saturated heterocycles. The summed E-state index contributed by atoms with van der Waals surface area (Å²) >= 11 is 0. The molecule has 0 amide bonds. The molecule has 0 aliphatic carbocycles. The summed E-state index contributed by atoms with van der Waals surface area (Å²) in [6.45, 7) is 1.03. The van der Waals surface area contributed by atoms with E-state index in [-0.39, 0.29) is 0 Å². The van der Waals surface area contributed by atoms with Gasteiger partial charge < -0.3 is 15.0 Å². The number of fused-ring (bicyclic) bond motifs is 3. The van der Waals surface area contributed by atoms with E-state index in [4.69, 9.17) is 4.74 Å². The van der Waals surface area contributed by atoms with E-state index in [0.717, 1.165) is 24.2 Å². The fraction of sp³-hybridized carbons (Fsp3) is 0.273. The fourth-order valence-corrected chi connectivity index (χ4v) is 2.17. The number of anilines is 1. The summed E-state index contributed by atoms with van der Waals surface area (Å²) < 4.78 is 5.34. The lowest BCUT2D eigenvalue weighted by molar-refractivity contribution is 0.419. The predicted molar refractivity (Wildman–Crippen MR) is 57.0 cm³/mol. The predicted octanol–water partition coefficient (Wildman–Crippen LogP) is 2.14. The summed E-state index contributed by atoms with van der Waals surface area (Å²) in [6.07, 6.45) is 3.07. The Balaban J connectivity index is 2.40. The van der Waals surface area contributed by atoms with Crippen LogP contribution in [0.2, 0.25) is 0 Å². The molecule has 3 rings (SSSR count). The standard InChI is InChI=1S/C11H12N2O/c1-14-10-6-9-7(2-4-12-9)8-3-5-13-11(8)10/h3,5-6,12-13H,2,4H2,1H3. The maximum absolute atomic E-state index is 5.34. The molecule has 3 heteroatoms. The van der Waals surface area contributed by atoms with Crippen molar-refractivity contribution in [2.45, 2.75) is 6.42 Å². The molecule has 0 unspecified atom stereocenters. The molecule has 0 atom stereocenters. The summed E-state index contributed by atoms with van der Waals surface area (Å²) in [5.41, 5.74) is 3.73. The van der Waals surface area contributed by atoms with Crippen LogP contribution in [-0.4, -0.2) is 18.6 Å². The second-order valence-electron chi connectivity index (χ2n) is 3.55. The molecule has 2 N–H and O–H groups in total. The highest BCUT2D eigenvalue weighted by molar-refractivity contribution is 5.93. The van der Waals surface area contributed by atoms with Gasteiger partial charge in [-0.15, -0.1) is 0 Å². The average molecular weight is 188 g/mol. The average Bonchev–Trinajstić information content (AvgIpc) is 2.83. The Morgan fingerprint density at radius 3 is 3.21 bits per heavy atom. The van der Waals surface area contributed by atoms with Crippen molar-refractivity contribution < 1.29 is 4.74 Å². The van der Waals surface area contributed by atoms with Crippen LogP contribution in [0.15, 0.2) is 18.3 Å². The van der Waals surface area contributed by atoms with E-state index in [0.29, 0.717) is 0 Å². The number of ether oxygens (including phenoxy) is 1. The minimum Gasteiger partial charge on any atom is -0.494 e. The van der Waals surface area contributed by atoms with Gasteiger partial charge in [0.2, 0.25) is 0 Å². The normalized spacial score (nSPS) is 14.1. The molecule has 3 nitrogen and oxygen atoms in total. The quantitative estimate of drug-likeness (QED) is 0.719. The lowest BCUT2D eigenvalue weighted by atomic mass is 10.1. The Hall–Kier alpha value is -1.64. The number of aromatic amines is 1. The van der Waals surface area contributed by atoms with Gasteiger partial charge >= 0.3 is 0 Å². The smallest absolute Gasteiger partial charge is 0.144 e. The van der Waals surface area contributed by atoms with Crippen LogP contribution in [0.5, 0.6) is 5.75 Å². The summed E-state index contributed by atoms with van der Waals surface area (Å²) in [7, 11) is 1.71. The number of aromatic nitrogens is 1. The monoisotopic (exact) mass is 188 g/mol. The third kappa shape index (κ3) is 0.867. The molecule has 0 bridgehead atoms. The van der Waals surface area contributed by atoms with Crippen molar-refractivity contribution in [1.29, 1.82) is 0 Å². The van der Waals surface area contributed by atoms with Gasteiger partial charge in [0, 0.05) is 29.9 Å². The van der Waals surface area contributed by atoms with Gasteiger partial charge in [-0.2, -0.15) is 0 Å². The minimum atomic E-state index is 0.915. The topological polar surface area (TPSA) is 37.0 Å². The number of nitrogens with one attached hydrogen (secondary N) is 2. The Morgan fingerprint density at radius 1 is 1.43 bits per heavy atom. The van der Waals surface area contributed by atoms with Crippen LogP contribution in [0.25, 0.3) is 10.9 Å². The van der Waals surface area contributed by atoms with Crippen LogP contribution in [0.3, 0.4) is 0 Å². The van der Waals surface area contributed by atoms with Gasteiger partial charge in [0.1, 0.15) is 5.75 Å². The number of rotatable bonds is 1. The molecule has 0 radical (unpaired) electrons. The van der Waals surface area contributed by atoms with E-state index in [1.807, 2.05) is 6.20 Å². The molecule has 14 heavy (non-hydrogen) atoms. The van der Waals surface area contributed by atoms with Crippen molar-refractivity contribution in [3.63, 3.8) is 0 Å². The summed E-state index contributed by atoms with van der Waals surface area (Å²) in [4.78, 5) is 3.22. The molecule has 0 saturated carbocycles. The highest BCUT2D eigenvalue weighted by Gasteiger charge is 2.16. The van der Waals surface area contributed by atoms with Gasteiger partial charge in [0.25, 0.3) is 0 Å². The highest BCUT2D eigenvalue weighted by atomic mass is 16.5. The third-order valence-electron chi connectivity index (χ3n) is 2.83. The highest BCUT2D eigenvalue weighted by Crippen LogP contribution is 2.36. The van der Waals surface area contributed by atoms with Crippen molar-refractivity contribution in [1.82, 2.24) is 4.98 Å². The SMILES string of the molecule is COc1cc2c(c3cc[nH]c13)CCN2. The maximum atomic E-state index is 5.34. The molecule has 0 fully saturated rings. The zero-order valence-electron chi connectivity index (χ0n) is 8.05. The summed E-state index contributed by atoms with van der Waals surface area (Å²) in [6, 6.07) is 4.19. The first kappa shape index (κ1) is 7.74. The van der Waals surface area contributed by atoms with Gasteiger partial charge in [0.05, 0.1) is 12.6 Å². The van der Waals surface area contributed by atoms with Gasteiger partial charge in [-0.1, -0.05) is 0 Å². The lowest BCUT2D eigenvalue weighted by Crippen LogP contribution is -1.91. The molecule has 1 aliphatic rings. The molecule has 0 spiro atoms. The second-order valence-corrected chi connectivity index (χ2v) is 3.55. The van der Waals surface area contributed by atoms with E-state index in [2.05, 4.69) is 22.4 Å². The van der Waals surface area contributed by atoms with Crippen molar-refractivity contribution in [3.05, 3.63) is 23.9 Å². The Morgan fingerprint density at radius 2 is 2.36 bits per heavy atom. The van der Waals surface area contributed by atoms with E-state index in [9.17, 15) is 0 Å². The number of hydrogen-bond acceptors (Lipinski definition) is 2. The molecule has 2 aromatic rings. The van der Waals surface area contributed by atoms with Gasteiger partial charge in [0.15, 0.2) is 0 Å². The number of methoxy groups -OCH3 is 1. The minimum absolute atomic E-state index is 0.915. The molecule has 1 aromatic carbocycles. The molecule has 2 heterocycles. The first-order chi connectivity index (χ1) is 6.90. The van der Waals surface area contributed by atoms with E-state index in [1.165, 1.54) is 16.6 Å². The maximum Gasteiger partial charge on any atom is 0.144 e. The van der Waals surface area contributed by atoms with Crippen LogP contribution in [-0.2, 0) is 6.42 Å². The first-order valence-electron chi connectivity index (χ1n) is 4.81. The third-order valence-corrected chi connectivity index (χ3v) is 2.83. The summed E-state index contributed by atoms with van der Waals surface area (Å²) in [5, 5.41) is 4.64. The van der Waals surface area contributed by atoms with Gasteiger partial charge in [-0.25, -0.2) is 0 Å². The fourth-order valence-electron chi connectivity index (χ4n) is 2.17. The van der Waals surface area contributed by atoms with E-state index in [1.54, 1.807) is 7.11 Å². The Labute approximate surface area is 82.1 Å². The van der Waals surface area contributed by atoms with Crippen molar-refractivity contribution in [2.24, 2.45) is 0 Å². The van der Waals surface area contributed by atoms with Crippen molar-refractivity contribution >= 4 is 16.6 Å². The van der Waals surface area contributed by atoms with Crippen LogP contribution < -0.4 is 10.1 Å². The van der Waals surface area contributed by atoms with E-state index < -0.39 is 0 Å². The Kier molecular flexibility index (Phi) is 1.48. The van der Waals surface area contributed by atoms with Crippen LogP contribution in [0.1, 0.15) is 5.56 Å². The van der Waals surface area contributed by atoms with Crippen LogP contribution in [0.4, 0.5) is 5.69 Å². The molecule has 1 aromatic heterocycles. The molecular weight excluding hydrogens is 176 g/mol. The van der Waals surface area contributed by atoms with Crippen LogP contribution in [0, 0.1) is 0 Å². The largest absolute Gasteiger partial charge is 0.494 e. The van der Waals surface area contributed by atoms with Crippen LogP contribution >= 0.6 is 0 Å². The number of hydrogen-bond donors (Lipinski definition) is 2. The molecular formula is C11H12N2O. The lowest BCUT2D eigenvalue weighted by Gasteiger charge is -2.06. The number of H-pyrrole nitrogens is 1.